The van der Waals surface area contributed by atoms with Gasteiger partial charge in [-0.05, 0) is 41.9 Å². The van der Waals surface area contributed by atoms with E-state index in [2.05, 4.69) is 27.4 Å². The third-order valence-corrected chi connectivity index (χ3v) is 4.92. The molecule has 0 spiro atoms. The Balaban J connectivity index is 2.29. The van der Waals surface area contributed by atoms with Crippen LogP contribution in [0.5, 0.6) is 0 Å². The van der Waals surface area contributed by atoms with Gasteiger partial charge in [0.2, 0.25) is 0 Å². The van der Waals surface area contributed by atoms with E-state index in [9.17, 15) is 15.3 Å². The number of hydrogen-bond acceptors (Lipinski definition) is 3. The molecule has 0 radical (unpaired) electrons. The van der Waals surface area contributed by atoms with Gasteiger partial charge >= 0.3 is 0 Å². The van der Waals surface area contributed by atoms with Crippen molar-refractivity contribution < 1.29 is 15.3 Å². The van der Waals surface area contributed by atoms with Crippen molar-refractivity contribution in [3.8, 4) is 0 Å². The molecule has 0 heterocycles. The second-order valence-corrected chi connectivity index (χ2v) is 7.77. The lowest BCUT2D eigenvalue weighted by molar-refractivity contribution is 0.121. The summed E-state index contributed by atoms with van der Waals surface area (Å²) in [6, 6.07) is 0. The van der Waals surface area contributed by atoms with Crippen molar-refractivity contribution >= 4 is 0 Å². The fourth-order valence-electron chi connectivity index (χ4n) is 3.16. The molecule has 3 nitrogen and oxygen atoms in total. The molecule has 1 saturated carbocycles. The molecule has 0 aromatic heterocycles. The third kappa shape index (κ3) is 7.67. The van der Waals surface area contributed by atoms with E-state index in [1.54, 1.807) is 6.08 Å². The Labute approximate surface area is 147 Å². The van der Waals surface area contributed by atoms with Gasteiger partial charge in [-0.15, -0.1) is 0 Å². The van der Waals surface area contributed by atoms with E-state index >= 15 is 0 Å². The lowest BCUT2D eigenvalue weighted by atomic mass is 9.86. The van der Waals surface area contributed by atoms with E-state index in [1.807, 2.05) is 6.08 Å². The van der Waals surface area contributed by atoms with Crippen LogP contribution in [0.2, 0.25) is 0 Å². The summed E-state index contributed by atoms with van der Waals surface area (Å²) in [7, 11) is 0. The smallest absolute Gasteiger partial charge is 0.114 e. The maximum atomic E-state index is 10.1. The third-order valence-electron chi connectivity index (χ3n) is 4.92. The van der Waals surface area contributed by atoms with Crippen molar-refractivity contribution in [2.45, 2.75) is 84.3 Å². The van der Waals surface area contributed by atoms with Crippen LogP contribution in [0.3, 0.4) is 0 Å². The van der Waals surface area contributed by atoms with Gasteiger partial charge in [0.25, 0.3) is 0 Å². The molecule has 1 aliphatic carbocycles. The Morgan fingerprint density at radius 2 is 1.67 bits per heavy atom. The van der Waals surface area contributed by atoms with E-state index < -0.39 is 12.2 Å². The van der Waals surface area contributed by atoms with Gasteiger partial charge in [0.15, 0.2) is 0 Å². The Bertz CT molecular complexity index is 432. The first kappa shape index (κ1) is 21.0. The SMILES string of the molecule is C=C1[C@H](O)CC(=C(O)C=CCCCC(C)CCCC(C)C)C[C@H]1O. The molecule has 1 rings (SSSR count). The molecule has 24 heavy (non-hydrogen) atoms. The summed E-state index contributed by atoms with van der Waals surface area (Å²) in [4.78, 5) is 0. The summed E-state index contributed by atoms with van der Waals surface area (Å²) in [6.45, 7) is 10.6. The second kappa shape index (κ2) is 10.7. The summed E-state index contributed by atoms with van der Waals surface area (Å²) in [5, 5.41) is 29.7. The highest BCUT2D eigenvalue weighted by Crippen LogP contribution is 2.29. The largest absolute Gasteiger partial charge is 0.508 e. The Hall–Kier alpha value is -1.06. The molecule has 1 fully saturated rings. The normalized spacial score (nSPS) is 23.2. The number of allylic oxidation sites excluding steroid dienone is 2. The van der Waals surface area contributed by atoms with Crippen LogP contribution < -0.4 is 0 Å². The van der Waals surface area contributed by atoms with Crippen LogP contribution in [-0.2, 0) is 0 Å². The monoisotopic (exact) mass is 336 g/mol. The predicted octanol–water partition coefficient (Wildman–Crippen LogP) is 5.06. The molecule has 1 aliphatic rings. The van der Waals surface area contributed by atoms with Crippen LogP contribution in [0.15, 0.2) is 35.6 Å². The van der Waals surface area contributed by atoms with E-state index in [0.717, 1.165) is 24.7 Å². The van der Waals surface area contributed by atoms with Crippen molar-refractivity contribution in [3.63, 3.8) is 0 Å². The summed E-state index contributed by atoms with van der Waals surface area (Å²) in [5.41, 5.74) is 1.16. The minimum atomic E-state index is -0.758. The summed E-state index contributed by atoms with van der Waals surface area (Å²) in [6.07, 6.45) is 10.1. The minimum Gasteiger partial charge on any atom is -0.508 e. The molecule has 0 bridgehead atoms. The summed E-state index contributed by atoms with van der Waals surface area (Å²) < 4.78 is 0. The molecule has 0 aliphatic heterocycles. The number of unbranched alkanes of at least 4 members (excludes halogenated alkanes) is 1. The maximum absolute atomic E-state index is 10.1. The van der Waals surface area contributed by atoms with Gasteiger partial charge in [-0.2, -0.15) is 0 Å². The van der Waals surface area contributed by atoms with Crippen LogP contribution >= 0.6 is 0 Å². The zero-order valence-corrected chi connectivity index (χ0v) is 15.7. The van der Waals surface area contributed by atoms with Crippen molar-refractivity contribution in [2.24, 2.45) is 11.8 Å². The summed E-state index contributed by atoms with van der Waals surface area (Å²) in [5.74, 6) is 1.74. The predicted molar refractivity (Wildman–Crippen MR) is 101 cm³/mol. The average molecular weight is 337 g/mol. The standard InChI is InChI=1S/C21H36O3/c1-15(2)9-8-11-16(3)10-6-5-7-12-19(22)18-13-20(23)17(4)21(24)14-18/h7,12,15-16,20-24H,4-6,8-11,13-14H2,1-3H3/t16?,20-,21-/m1/s1. The Morgan fingerprint density at radius 3 is 2.25 bits per heavy atom. The van der Waals surface area contributed by atoms with Crippen LogP contribution in [-0.4, -0.2) is 27.5 Å². The quantitative estimate of drug-likeness (QED) is 0.313. The van der Waals surface area contributed by atoms with Crippen molar-refractivity contribution in [3.05, 3.63) is 35.6 Å². The molecule has 0 amide bonds. The van der Waals surface area contributed by atoms with Crippen LogP contribution in [0.25, 0.3) is 0 Å². The molecular weight excluding hydrogens is 300 g/mol. The molecule has 3 atom stereocenters. The number of aliphatic hydroxyl groups is 3. The molecular formula is C21H36O3. The van der Waals surface area contributed by atoms with Gasteiger partial charge in [-0.3, -0.25) is 0 Å². The van der Waals surface area contributed by atoms with Gasteiger partial charge in [0.1, 0.15) is 5.76 Å². The Morgan fingerprint density at radius 1 is 1.08 bits per heavy atom. The minimum absolute atomic E-state index is 0.186. The van der Waals surface area contributed by atoms with E-state index in [-0.39, 0.29) is 5.76 Å². The van der Waals surface area contributed by atoms with E-state index in [0.29, 0.717) is 24.0 Å². The fraction of sp³-hybridized carbons (Fsp3) is 0.714. The summed E-state index contributed by atoms with van der Waals surface area (Å²) >= 11 is 0. The lowest BCUT2D eigenvalue weighted by Gasteiger charge is -2.27. The zero-order valence-electron chi connectivity index (χ0n) is 15.7. The highest BCUT2D eigenvalue weighted by molar-refractivity contribution is 5.28. The van der Waals surface area contributed by atoms with Crippen LogP contribution in [0.1, 0.15) is 72.1 Å². The van der Waals surface area contributed by atoms with E-state index in [4.69, 9.17) is 0 Å². The number of hydrogen-bond donors (Lipinski definition) is 3. The molecule has 0 saturated heterocycles. The van der Waals surface area contributed by atoms with Crippen molar-refractivity contribution in [1.82, 2.24) is 0 Å². The van der Waals surface area contributed by atoms with Gasteiger partial charge in [-0.1, -0.05) is 59.1 Å². The molecule has 0 aromatic carbocycles. The van der Waals surface area contributed by atoms with Crippen LogP contribution in [0.4, 0.5) is 0 Å². The first-order chi connectivity index (χ1) is 11.3. The fourth-order valence-corrected chi connectivity index (χ4v) is 3.16. The van der Waals surface area contributed by atoms with E-state index in [1.165, 1.54) is 25.7 Å². The molecule has 138 valence electrons. The van der Waals surface area contributed by atoms with Gasteiger partial charge in [0, 0.05) is 12.8 Å². The first-order valence-electron chi connectivity index (χ1n) is 9.43. The topological polar surface area (TPSA) is 60.7 Å². The van der Waals surface area contributed by atoms with Crippen molar-refractivity contribution in [2.75, 3.05) is 0 Å². The first-order valence-corrected chi connectivity index (χ1v) is 9.43. The highest BCUT2D eigenvalue weighted by Gasteiger charge is 2.27. The molecule has 1 unspecified atom stereocenters. The molecule has 3 heteroatoms. The highest BCUT2D eigenvalue weighted by atomic mass is 16.3. The van der Waals surface area contributed by atoms with Gasteiger partial charge in [-0.25, -0.2) is 0 Å². The number of aliphatic hydroxyl groups excluding tert-OH is 3. The number of rotatable bonds is 9. The second-order valence-electron chi connectivity index (χ2n) is 7.77. The van der Waals surface area contributed by atoms with Gasteiger partial charge in [0.05, 0.1) is 12.2 Å². The average Bonchev–Trinajstić information content (AvgIpc) is 2.51. The maximum Gasteiger partial charge on any atom is 0.114 e. The van der Waals surface area contributed by atoms with Crippen molar-refractivity contribution in [1.29, 1.82) is 0 Å². The molecule has 0 aromatic rings. The van der Waals surface area contributed by atoms with Crippen LogP contribution in [0, 0.1) is 11.8 Å². The lowest BCUT2D eigenvalue weighted by Crippen LogP contribution is -2.28. The Kier molecular flexibility index (Phi) is 9.38. The zero-order chi connectivity index (χ0) is 18.1. The van der Waals surface area contributed by atoms with Gasteiger partial charge < -0.3 is 15.3 Å². The molecule has 3 N–H and O–H groups in total.